The lowest BCUT2D eigenvalue weighted by molar-refractivity contribution is 0.186. The molecule has 5 heteroatoms. The normalized spacial score (nSPS) is 18.7. The van der Waals surface area contributed by atoms with E-state index in [1.165, 1.54) is 42.8 Å². The highest BCUT2D eigenvalue weighted by molar-refractivity contribution is 7.99. The third-order valence-electron chi connectivity index (χ3n) is 3.96. The van der Waals surface area contributed by atoms with Crippen LogP contribution in [0.4, 0.5) is 0 Å². The van der Waals surface area contributed by atoms with E-state index < -0.39 is 6.10 Å². The van der Waals surface area contributed by atoms with Gasteiger partial charge in [-0.25, -0.2) is 0 Å². The molecule has 0 aliphatic heterocycles. The van der Waals surface area contributed by atoms with Gasteiger partial charge >= 0.3 is 0 Å². The summed E-state index contributed by atoms with van der Waals surface area (Å²) in [6.45, 7) is 0. The van der Waals surface area contributed by atoms with E-state index >= 15 is 0 Å². The van der Waals surface area contributed by atoms with Crippen LogP contribution in [0.5, 0.6) is 0 Å². The van der Waals surface area contributed by atoms with Gasteiger partial charge in [-0.1, -0.05) is 31.4 Å². The summed E-state index contributed by atoms with van der Waals surface area (Å²) in [5.41, 5.74) is 6.43. The molecule has 0 saturated heterocycles. The van der Waals surface area contributed by atoms with E-state index in [2.05, 4.69) is 10.6 Å². The van der Waals surface area contributed by atoms with E-state index in [0.29, 0.717) is 0 Å². The quantitative estimate of drug-likeness (QED) is 0.465. The predicted molar refractivity (Wildman–Crippen MR) is 90.8 cm³/mol. The highest BCUT2D eigenvalue weighted by Gasteiger charge is 2.14. The number of halogens is 1. The van der Waals surface area contributed by atoms with E-state index in [0.717, 1.165) is 11.5 Å². The van der Waals surface area contributed by atoms with Crippen LogP contribution in [-0.4, -0.2) is 16.7 Å². The summed E-state index contributed by atoms with van der Waals surface area (Å²) in [6, 6.07) is 8.04. The molecule has 0 bridgehead atoms. The Labute approximate surface area is 136 Å². The van der Waals surface area contributed by atoms with Crippen LogP contribution in [0, 0.1) is 5.92 Å². The lowest BCUT2D eigenvalue weighted by Crippen LogP contribution is -2.15. The summed E-state index contributed by atoms with van der Waals surface area (Å²) in [4.78, 5) is 1.21. The first-order valence-corrected chi connectivity index (χ1v) is 8.85. The smallest absolute Gasteiger partial charge is 0.117 e. The maximum absolute atomic E-state index is 10.1. The highest BCUT2D eigenvalue weighted by Crippen LogP contribution is 2.31. The number of thioether (sulfide) groups is 1. The Morgan fingerprint density at radius 2 is 2.14 bits per heavy atom. The third-order valence-corrected chi connectivity index (χ3v) is 5.41. The summed E-state index contributed by atoms with van der Waals surface area (Å²) in [5, 5.41) is 10.1. The third kappa shape index (κ3) is 5.53. The van der Waals surface area contributed by atoms with E-state index in [1.807, 2.05) is 30.0 Å². The molecule has 0 radical (unpaired) electrons. The second-order valence-corrected chi connectivity index (χ2v) is 6.95. The number of aliphatic hydroxyl groups is 1. The van der Waals surface area contributed by atoms with Crippen molar-refractivity contribution in [3.63, 3.8) is 0 Å². The number of amidine groups is 1. The Kier molecular flexibility index (Phi) is 6.87. The van der Waals surface area contributed by atoms with Crippen molar-refractivity contribution in [2.75, 3.05) is 5.75 Å². The van der Waals surface area contributed by atoms with Crippen LogP contribution in [0.3, 0.4) is 0 Å². The van der Waals surface area contributed by atoms with Crippen LogP contribution in [0.25, 0.3) is 0 Å². The average molecular weight is 327 g/mol. The molecule has 1 aromatic rings. The molecule has 3 N–H and O–H groups in total. The largest absolute Gasteiger partial charge is 0.388 e. The Morgan fingerprint density at radius 1 is 1.38 bits per heavy atom. The first-order chi connectivity index (χ1) is 10.2. The molecule has 21 heavy (non-hydrogen) atoms. The van der Waals surface area contributed by atoms with Gasteiger partial charge in [-0.3, -0.25) is 0 Å². The molecule has 0 amide bonds. The minimum absolute atomic E-state index is 0.254. The fourth-order valence-corrected chi connectivity index (χ4v) is 3.95. The van der Waals surface area contributed by atoms with Gasteiger partial charge in [0.2, 0.25) is 0 Å². The SMILES string of the molecule is NC(CC(O)c1cccc(SCC2CCCCC2)c1)=NCl. The number of nitrogens with zero attached hydrogens (tertiary/aromatic N) is 1. The molecular formula is C16H23ClN2OS. The number of benzene rings is 1. The summed E-state index contributed by atoms with van der Waals surface area (Å²) >= 11 is 7.18. The van der Waals surface area contributed by atoms with Gasteiger partial charge in [-0.2, -0.15) is 4.51 Å². The number of aliphatic hydroxyl groups excluding tert-OH is 1. The second kappa shape index (κ2) is 8.66. The van der Waals surface area contributed by atoms with Crippen molar-refractivity contribution in [1.29, 1.82) is 0 Å². The van der Waals surface area contributed by atoms with Gasteiger partial charge in [0, 0.05) is 28.8 Å². The van der Waals surface area contributed by atoms with Gasteiger partial charge in [0.05, 0.1) is 6.10 Å². The summed E-state index contributed by atoms with van der Waals surface area (Å²) in [7, 11) is 0. The van der Waals surface area contributed by atoms with Crippen LogP contribution in [0.1, 0.15) is 50.2 Å². The van der Waals surface area contributed by atoms with Gasteiger partial charge in [0.15, 0.2) is 0 Å². The summed E-state index contributed by atoms with van der Waals surface area (Å²) in [6.07, 6.45) is 6.48. The van der Waals surface area contributed by atoms with Crippen LogP contribution < -0.4 is 5.73 Å². The van der Waals surface area contributed by atoms with Gasteiger partial charge < -0.3 is 10.8 Å². The van der Waals surface area contributed by atoms with Crippen molar-refractivity contribution in [3.05, 3.63) is 29.8 Å². The summed E-state index contributed by atoms with van der Waals surface area (Å²) in [5.74, 6) is 2.27. The predicted octanol–water partition coefficient (Wildman–Crippen LogP) is 4.29. The Bertz CT molecular complexity index is 475. The molecule has 0 spiro atoms. The second-order valence-electron chi connectivity index (χ2n) is 5.68. The molecule has 2 rings (SSSR count). The molecule has 116 valence electrons. The zero-order valence-electron chi connectivity index (χ0n) is 12.2. The van der Waals surface area contributed by atoms with E-state index in [-0.39, 0.29) is 12.3 Å². The standard InChI is InChI=1S/C16H23ClN2OS/c17-19-16(18)10-15(20)13-7-4-8-14(9-13)21-11-12-5-2-1-3-6-12/h4,7-9,12,15,20H,1-3,5-6,10-11H2,(H2,18,19). The monoisotopic (exact) mass is 326 g/mol. The minimum atomic E-state index is -0.650. The first kappa shape index (κ1) is 16.7. The van der Waals surface area contributed by atoms with Gasteiger partial charge in [-0.05, 0) is 36.5 Å². The molecular weight excluding hydrogens is 304 g/mol. The molecule has 1 aliphatic carbocycles. The van der Waals surface area contributed by atoms with Crippen molar-refractivity contribution in [2.45, 2.75) is 49.5 Å². The molecule has 3 nitrogen and oxygen atoms in total. The van der Waals surface area contributed by atoms with Gasteiger partial charge in [0.25, 0.3) is 0 Å². The topological polar surface area (TPSA) is 58.6 Å². The van der Waals surface area contributed by atoms with Crippen LogP contribution in [0.15, 0.2) is 33.7 Å². The lowest BCUT2D eigenvalue weighted by Gasteiger charge is -2.21. The van der Waals surface area contributed by atoms with Gasteiger partial charge in [-0.15, -0.1) is 11.8 Å². The van der Waals surface area contributed by atoms with E-state index in [1.54, 1.807) is 0 Å². The Morgan fingerprint density at radius 3 is 2.86 bits per heavy atom. The van der Waals surface area contributed by atoms with E-state index in [9.17, 15) is 5.11 Å². The van der Waals surface area contributed by atoms with Crippen LogP contribution >= 0.6 is 23.5 Å². The number of rotatable bonds is 6. The minimum Gasteiger partial charge on any atom is -0.388 e. The zero-order valence-corrected chi connectivity index (χ0v) is 13.7. The first-order valence-electron chi connectivity index (χ1n) is 7.53. The number of nitrogens with two attached hydrogens (primary N) is 1. The van der Waals surface area contributed by atoms with Crippen LogP contribution in [-0.2, 0) is 0 Å². The zero-order chi connectivity index (χ0) is 15.1. The fraction of sp³-hybridized carbons (Fsp3) is 0.562. The van der Waals surface area contributed by atoms with Crippen molar-refractivity contribution in [3.8, 4) is 0 Å². The Hall–Kier alpha value is -0.710. The van der Waals surface area contributed by atoms with Crippen molar-refractivity contribution >= 4 is 29.4 Å². The number of hydrogen-bond acceptors (Lipinski definition) is 3. The van der Waals surface area contributed by atoms with Gasteiger partial charge in [0.1, 0.15) is 5.84 Å². The molecule has 0 aromatic heterocycles. The molecule has 1 aromatic carbocycles. The molecule has 1 saturated carbocycles. The number of hydrogen-bond donors (Lipinski definition) is 2. The molecule has 1 unspecified atom stereocenters. The van der Waals surface area contributed by atoms with Crippen molar-refractivity contribution in [1.82, 2.24) is 0 Å². The van der Waals surface area contributed by atoms with Crippen LogP contribution in [0.2, 0.25) is 0 Å². The maximum atomic E-state index is 10.1. The molecule has 0 heterocycles. The molecule has 1 fully saturated rings. The lowest BCUT2D eigenvalue weighted by atomic mass is 9.91. The summed E-state index contributed by atoms with van der Waals surface area (Å²) < 4.78 is 3.38. The Balaban J connectivity index is 1.90. The fourth-order valence-electron chi connectivity index (χ4n) is 2.73. The highest BCUT2D eigenvalue weighted by atomic mass is 35.5. The average Bonchev–Trinajstić information content (AvgIpc) is 2.54. The maximum Gasteiger partial charge on any atom is 0.117 e. The molecule has 1 atom stereocenters. The van der Waals surface area contributed by atoms with Crippen molar-refractivity contribution in [2.24, 2.45) is 16.2 Å². The molecule has 1 aliphatic rings. The van der Waals surface area contributed by atoms with Crippen molar-refractivity contribution < 1.29 is 5.11 Å². The van der Waals surface area contributed by atoms with E-state index in [4.69, 9.17) is 17.5 Å².